The second kappa shape index (κ2) is 8.20. The van der Waals surface area contributed by atoms with E-state index in [-0.39, 0.29) is 11.5 Å². The number of guanidine groups is 1. The van der Waals surface area contributed by atoms with Gasteiger partial charge in [0.15, 0.2) is 5.96 Å². The second-order valence-electron chi connectivity index (χ2n) is 6.62. The van der Waals surface area contributed by atoms with Crippen LogP contribution in [-0.2, 0) is 4.74 Å². The van der Waals surface area contributed by atoms with Crippen LogP contribution in [0.4, 0.5) is 0 Å². The van der Waals surface area contributed by atoms with Crippen molar-refractivity contribution in [2.45, 2.75) is 33.8 Å². The number of nitrogens with one attached hydrogen (secondary N) is 2. The van der Waals surface area contributed by atoms with Crippen molar-refractivity contribution in [2.75, 3.05) is 32.8 Å². The Balaban J connectivity index is 1.81. The molecule has 1 aliphatic heterocycles. The van der Waals surface area contributed by atoms with Gasteiger partial charge in [0.05, 0.1) is 26.3 Å². The van der Waals surface area contributed by atoms with Gasteiger partial charge in [0.2, 0.25) is 0 Å². The molecule has 1 heterocycles. The van der Waals surface area contributed by atoms with E-state index in [1.54, 1.807) is 0 Å². The highest BCUT2D eigenvalue weighted by Crippen LogP contribution is 2.26. The Labute approximate surface area is 139 Å². The summed E-state index contributed by atoms with van der Waals surface area (Å²) in [5.41, 5.74) is 1.39. The SMILES string of the molecule is CCNC(=NCC1(C)COC1)NCC(C)Oc1cccc(C)c1. The number of nitrogens with zero attached hydrogens (tertiary/aromatic N) is 1. The lowest BCUT2D eigenvalue weighted by molar-refractivity contribution is -0.0945. The van der Waals surface area contributed by atoms with Crippen LogP contribution in [0, 0.1) is 12.3 Å². The quantitative estimate of drug-likeness (QED) is 0.598. The maximum Gasteiger partial charge on any atom is 0.191 e. The van der Waals surface area contributed by atoms with Crippen molar-refractivity contribution in [1.29, 1.82) is 0 Å². The third kappa shape index (κ3) is 5.75. The van der Waals surface area contributed by atoms with Crippen LogP contribution in [-0.4, -0.2) is 44.9 Å². The van der Waals surface area contributed by atoms with Gasteiger partial charge < -0.3 is 20.1 Å². The summed E-state index contributed by atoms with van der Waals surface area (Å²) in [6.45, 7) is 12.3. The zero-order valence-electron chi connectivity index (χ0n) is 14.7. The number of benzene rings is 1. The van der Waals surface area contributed by atoms with Gasteiger partial charge in [-0.15, -0.1) is 0 Å². The Morgan fingerprint density at radius 2 is 2.17 bits per heavy atom. The highest BCUT2D eigenvalue weighted by atomic mass is 16.5. The van der Waals surface area contributed by atoms with E-state index in [0.717, 1.165) is 38.0 Å². The third-order valence-electron chi connectivity index (χ3n) is 3.75. The van der Waals surface area contributed by atoms with Gasteiger partial charge in [-0.25, -0.2) is 0 Å². The van der Waals surface area contributed by atoms with Crippen LogP contribution < -0.4 is 15.4 Å². The zero-order valence-corrected chi connectivity index (χ0v) is 14.7. The van der Waals surface area contributed by atoms with E-state index in [9.17, 15) is 0 Å². The highest BCUT2D eigenvalue weighted by Gasteiger charge is 2.33. The first-order valence-electron chi connectivity index (χ1n) is 8.34. The summed E-state index contributed by atoms with van der Waals surface area (Å²) in [6, 6.07) is 8.11. The van der Waals surface area contributed by atoms with Crippen LogP contribution in [0.15, 0.2) is 29.3 Å². The fourth-order valence-electron chi connectivity index (χ4n) is 2.36. The number of hydrogen-bond acceptors (Lipinski definition) is 3. The van der Waals surface area contributed by atoms with Crippen LogP contribution in [0.3, 0.4) is 0 Å². The first-order valence-corrected chi connectivity index (χ1v) is 8.34. The molecule has 5 nitrogen and oxygen atoms in total. The van der Waals surface area contributed by atoms with E-state index in [0.29, 0.717) is 6.54 Å². The maximum atomic E-state index is 5.94. The molecule has 0 amide bonds. The van der Waals surface area contributed by atoms with Gasteiger partial charge in [-0.2, -0.15) is 0 Å². The molecule has 1 aromatic carbocycles. The summed E-state index contributed by atoms with van der Waals surface area (Å²) in [7, 11) is 0. The van der Waals surface area contributed by atoms with Crippen molar-refractivity contribution in [1.82, 2.24) is 10.6 Å². The molecule has 1 fully saturated rings. The fraction of sp³-hybridized carbons (Fsp3) is 0.611. The molecule has 5 heteroatoms. The lowest BCUT2D eigenvalue weighted by Gasteiger charge is -2.36. The summed E-state index contributed by atoms with van der Waals surface area (Å²) >= 11 is 0. The Bertz CT molecular complexity index is 527. The predicted molar refractivity (Wildman–Crippen MR) is 94.2 cm³/mol. The Morgan fingerprint density at radius 1 is 1.39 bits per heavy atom. The lowest BCUT2D eigenvalue weighted by atomic mass is 9.89. The largest absolute Gasteiger partial charge is 0.489 e. The molecular weight excluding hydrogens is 290 g/mol. The number of hydrogen-bond donors (Lipinski definition) is 2. The smallest absolute Gasteiger partial charge is 0.191 e. The molecule has 0 radical (unpaired) electrons. The van der Waals surface area contributed by atoms with E-state index in [2.05, 4.69) is 49.4 Å². The molecule has 2 N–H and O–H groups in total. The normalized spacial score (nSPS) is 18.0. The Kier molecular flexibility index (Phi) is 6.28. The van der Waals surface area contributed by atoms with Gasteiger partial charge >= 0.3 is 0 Å². The van der Waals surface area contributed by atoms with E-state index < -0.39 is 0 Å². The number of ether oxygens (including phenoxy) is 2. The molecular formula is C18H29N3O2. The molecule has 1 saturated heterocycles. The topological polar surface area (TPSA) is 54.9 Å². The van der Waals surface area contributed by atoms with Crippen LogP contribution >= 0.6 is 0 Å². The lowest BCUT2D eigenvalue weighted by Crippen LogP contribution is -2.45. The molecule has 23 heavy (non-hydrogen) atoms. The van der Waals surface area contributed by atoms with E-state index in [4.69, 9.17) is 9.47 Å². The van der Waals surface area contributed by atoms with Crippen LogP contribution in [0.5, 0.6) is 5.75 Å². The molecule has 1 aliphatic rings. The average Bonchev–Trinajstić information content (AvgIpc) is 2.48. The van der Waals surface area contributed by atoms with Gasteiger partial charge in [-0.05, 0) is 38.5 Å². The highest BCUT2D eigenvalue weighted by molar-refractivity contribution is 5.79. The van der Waals surface area contributed by atoms with Crippen molar-refractivity contribution < 1.29 is 9.47 Å². The Morgan fingerprint density at radius 3 is 2.78 bits per heavy atom. The molecule has 1 unspecified atom stereocenters. The van der Waals surface area contributed by atoms with Gasteiger partial charge in [0.1, 0.15) is 11.9 Å². The monoisotopic (exact) mass is 319 g/mol. The standard InChI is InChI=1S/C18H29N3O2/c1-5-19-17(21-11-18(4)12-22-13-18)20-10-15(3)23-16-8-6-7-14(2)9-16/h6-9,15H,5,10-13H2,1-4H3,(H2,19,20,21). The molecule has 128 valence electrons. The van der Waals surface area contributed by atoms with Gasteiger partial charge in [0, 0.05) is 12.0 Å². The first-order chi connectivity index (χ1) is 11.0. The van der Waals surface area contributed by atoms with Crippen molar-refractivity contribution in [2.24, 2.45) is 10.4 Å². The van der Waals surface area contributed by atoms with Crippen molar-refractivity contribution in [3.05, 3.63) is 29.8 Å². The third-order valence-corrected chi connectivity index (χ3v) is 3.75. The molecule has 0 bridgehead atoms. The average molecular weight is 319 g/mol. The van der Waals surface area contributed by atoms with Gasteiger partial charge in [-0.1, -0.05) is 19.1 Å². The maximum absolute atomic E-state index is 5.94. The summed E-state index contributed by atoms with van der Waals surface area (Å²) in [6.07, 6.45) is 0.0586. The minimum Gasteiger partial charge on any atom is -0.489 e. The second-order valence-corrected chi connectivity index (χ2v) is 6.62. The summed E-state index contributed by atoms with van der Waals surface area (Å²) in [5.74, 6) is 1.74. The predicted octanol–water partition coefficient (Wildman–Crippen LogP) is 2.35. The van der Waals surface area contributed by atoms with Gasteiger partial charge in [0.25, 0.3) is 0 Å². The molecule has 0 spiro atoms. The summed E-state index contributed by atoms with van der Waals surface area (Å²) in [4.78, 5) is 4.66. The number of aliphatic imine (C=N–C) groups is 1. The van der Waals surface area contributed by atoms with E-state index >= 15 is 0 Å². The minimum atomic E-state index is 0.0586. The van der Waals surface area contributed by atoms with E-state index in [1.807, 2.05) is 18.2 Å². The van der Waals surface area contributed by atoms with Crippen molar-refractivity contribution in [3.63, 3.8) is 0 Å². The minimum absolute atomic E-state index is 0.0586. The van der Waals surface area contributed by atoms with E-state index in [1.165, 1.54) is 5.56 Å². The molecule has 0 aliphatic carbocycles. The molecule has 0 aromatic heterocycles. The Hall–Kier alpha value is -1.75. The van der Waals surface area contributed by atoms with Crippen LogP contribution in [0.1, 0.15) is 26.3 Å². The first kappa shape index (κ1) is 17.6. The number of aryl methyl sites for hydroxylation is 1. The molecule has 1 atom stereocenters. The summed E-state index contributed by atoms with van der Waals surface area (Å²) in [5, 5.41) is 6.62. The van der Waals surface area contributed by atoms with Gasteiger partial charge in [-0.3, -0.25) is 4.99 Å². The van der Waals surface area contributed by atoms with Crippen LogP contribution in [0.25, 0.3) is 0 Å². The van der Waals surface area contributed by atoms with Crippen molar-refractivity contribution >= 4 is 5.96 Å². The molecule has 1 aromatic rings. The zero-order chi connectivity index (χ0) is 16.7. The number of rotatable bonds is 7. The fourth-order valence-corrected chi connectivity index (χ4v) is 2.36. The van der Waals surface area contributed by atoms with Crippen molar-refractivity contribution in [3.8, 4) is 5.75 Å². The summed E-state index contributed by atoms with van der Waals surface area (Å²) < 4.78 is 11.2. The molecule has 0 saturated carbocycles. The van der Waals surface area contributed by atoms with Crippen LogP contribution in [0.2, 0.25) is 0 Å². The molecule has 2 rings (SSSR count).